The second-order valence-corrected chi connectivity index (χ2v) is 11.1. The van der Waals surface area contributed by atoms with E-state index in [1.807, 2.05) is 35.2 Å². The van der Waals surface area contributed by atoms with Crippen LogP contribution in [0, 0.1) is 5.82 Å². The third-order valence-corrected chi connectivity index (χ3v) is 8.83. The van der Waals surface area contributed by atoms with Crippen LogP contribution >= 0.6 is 0 Å². The number of anilines is 1. The summed E-state index contributed by atoms with van der Waals surface area (Å²) in [6, 6.07) is 18.1. The normalized spacial score (nSPS) is 19.9. The zero-order valence-electron chi connectivity index (χ0n) is 24.1. The van der Waals surface area contributed by atoms with Crippen LogP contribution < -0.4 is 19.7 Å². The summed E-state index contributed by atoms with van der Waals surface area (Å²) in [7, 11) is 3.10. The maximum Gasteiger partial charge on any atom is 0.254 e. The number of benzene rings is 3. The van der Waals surface area contributed by atoms with Gasteiger partial charge < -0.3 is 24.6 Å². The highest BCUT2D eigenvalue weighted by Gasteiger charge is 2.46. The van der Waals surface area contributed by atoms with E-state index in [4.69, 9.17) is 9.47 Å². The van der Waals surface area contributed by atoms with Crippen molar-refractivity contribution in [1.82, 2.24) is 15.1 Å². The molecule has 220 valence electrons. The van der Waals surface area contributed by atoms with E-state index in [1.54, 1.807) is 32.4 Å². The Morgan fingerprint density at radius 3 is 2.40 bits per heavy atom. The molecular formula is C33H37FN4O4. The van der Waals surface area contributed by atoms with Crippen LogP contribution in [0.1, 0.15) is 45.4 Å². The molecule has 9 heteroatoms. The molecule has 8 nitrogen and oxygen atoms in total. The fraction of sp³-hybridized carbons (Fsp3) is 0.394. The number of halogens is 1. The zero-order valence-corrected chi connectivity index (χ0v) is 24.1. The van der Waals surface area contributed by atoms with Crippen molar-refractivity contribution >= 4 is 17.5 Å². The van der Waals surface area contributed by atoms with E-state index in [1.165, 1.54) is 11.6 Å². The number of hydrogen-bond donors (Lipinski definition) is 1. The predicted octanol–water partition coefficient (Wildman–Crippen LogP) is 4.01. The van der Waals surface area contributed by atoms with Gasteiger partial charge in [-0.25, -0.2) is 4.39 Å². The van der Waals surface area contributed by atoms with Crippen LogP contribution in [-0.4, -0.2) is 81.6 Å². The Morgan fingerprint density at radius 1 is 0.929 bits per heavy atom. The molecule has 0 aromatic heterocycles. The Morgan fingerprint density at radius 2 is 1.64 bits per heavy atom. The molecule has 3 aliphatic rings. The van der Waals surface area contributed by atoms with E-state index in [9.17, 15) is 14.0 Å². The van der Waals surface area contributed by atoms with Gasteiger partial charge in [-0.2, -0.15) is 0 Å². The van der Waals surface area contributed by atoms with Gasteiger partial charge in [-0.3, -0.25) is 14.5 Å². The summed E-state index contributed by atoms with van der Waals surface area (Å²) in [5.74, 6) is -0.00199. The lowest BCUT2D eigenvalue weighted by atomic mass is 9.75. The van der Waals surface area contributed by atoms with Gasteiger partial charge in [-0.15, -0.1) is 0 Å². The number of amides is 2. The lowest BCUT2D eigenvalue weighted by molar-refractivity contribution is -0.124. The second kappa shape index (κ2) is 12.0. The summed E-state index contributed by atoms with van der Waals surface area (Å²) in [6.07, 6.45) is 1.54. The number of nitrogens with zero attached hydrogens (tertiary/aromatic N) is 3. The SMILES string of the molecule is COc1cc2c(cc1OC)[C@H](C(=O)NCCCN1CCN(c3ccccc3F)CC1)[C@@H]1c3ccccc3CCN1C2=O. The van der Waals surface area contributed by atoms with Crippen LogP contribution in [0.2, 0.25) is 0 Å². The Hall–Kier alpha value is -4.11. The average molecular weight is 573 g/mol. The fourth-order valence-electron chi connectivity index (χ4n) is 6.68. The van der Waals surface area contributed by atoms with Crippen LogP contribution in [-0.2, 0) is 11.2 Å². The van der Waals surface area contributed by atoms with Gasteiger partial charge in [0.25, 0.3) is 5.91 Å². The minimum absolute atomic E-state index is 0.0935. The van der Waals surface area contributed by atoms with Gasteiger partial charge in [0, 0.05) is 44.8 Å². The number of carbonyl (C=O) groups excluding carboxylic acids is 2. The first-order chi connectivity index (χ1) is 20.5. The lowest BCUT2D eigenvalue weighted by Gasteiger charge is -2.45. The molecular weight excluding hydrogens is 535 g/mol. The van der Waals surface area contributed by atoms with E-state index < -0.39 is 5.92 Å². The molecule has 2 amide bonds. The van der Waals surface area contributed by atoms with E-state index in [2.05, 4.69) is 21.2 Å². The first-order valence-corrected chi connectivity index (χ1v) is 14.6. The standard InChI is InChI=1S/C33H37FN4O4/c1-41-28-20-24-25(21-29(28)42-2)33(40)38-15-12-22-8-3-4-9-23(22)31(38)30(24)32(39)35-13-7-14-36-16-18-37(19-17-36)27-11-6-5-10-26(27)34/h3-6,8-11,20-21,30-31H,7,12-19H2,1-2H3,(H,35,39)/t30-,31-/m0/s1. The Kier molecular flexibility index (Phi) is 8.02. The molecule has 42 heavy (non-hydrogen) atoms. The molecule has 0 aliphatic carbocycles. The van der Waals surface area contributed by atoms with Crippen molar-refractivity contribution in [3.8, 4) is 11.5 Å². The number of fused-ring (bicyclic) bond motifs is 4. The second-order valence-electron chi connectivity index (χ2n) is 11.1. The third kappa shape index (κ3) is 5.17. The molecule has 0 unspecified atom stereocenters. The first-order valence-electron chi connectivity index (χ1n) is 14.6. The summed E-state index contributed by atoms with van der Waals surface area (Å²) in [4.78, 5) is 34.0. The Bertz CT molecular complexity index is 1470. The van der Waals surface area contributed by atoms with Crippen molar-refractivity contribution in [1.29, 1.82) is 0 Å². The highest BCUT2D eigenvalue weighted by molar-refractivity contribution is 6.02. The van der Waals surface area contributed by atoms with Gasteiger partial charge in [0.05, 0.1) is 31.9 Å². The Labute approximate surface area is 246 Å². The summed E-state index contributed by atoms with van der Waals surface area (Å²) >= 11 is 0. The molecule has 3 heterocycles. The smallest absolute Gasteiger partial charge is 0.254 e. The van der Waals surface area contributed by atoms with E-state index in [-0.39, 0.29) is 23.7 Å². The maximum absolute atomic E-state index is 14.2. The van der Waals surface area contributed by atoms with Crippen molar-refractivity contribution in [2.24, 2.45) is 0 Å². The zero-order chi connectivity index (χ0) is 29.2. The molecule has 1 saturated heterocycles. The van der Waals surface area contributed by atoms with Crippen LogP contribution in [0.4, 0.5) is 10.1 Å². The summed E-state index contributed by atoms with van der Waals surface area (Å²) in [5.41, 5.74) is 3.99. The highest BCUT2D eigenvalue weighted by Crippen LogP contribution is 2.48. The van der Waals surface area contributed by atoms with Gasteiger partial charge in [0.15, 0.2) is 11.5 Å². The number of piperazine rings is 1. The number of para-hydroxylation sites is 1. The lowest BCUT2D eigenvalue weighted by Crippen LogP contribution is -2.50. The van der Waals surface area contributed by atoms with E-state index in [0.29, 0.717) is 41.4 Å². The molecule has 2 atom stereocenters. The highest BCUT2D eigenvalue weighted by atomic mass is 19.1. The monoisotopic (exact) mass is 572 g/mol. The van der Waals surface area contributed by atoms with Crippen molar-refractivity contribution < 1.29 is 23.5 Å². The molecule has 0 spiro atoms. The van der Waals surface area contributed by atoms with Crippen LogP contribution in [0.5, 0.6) is 11.5 Å². The van der Waals surface area contributed by atoms with Crippen LogP contribution in [0.25, 0.3) is 0 Å². The van der Waals surface area contributed by atoms with Crippen molar-refractivity contribution in [3.63, 3.8) is 0 Å². The van der Waals surface area contributed by atoms with E-state index in [0.717, 1.165) is 51.1 Å². The quantitative estimate of drug-likeness (QED) is 0.412. The molecule has 0 saturated carbocycles. The van der Waals surface area contributed by atoms with Crippen LogP contribution in [0.15, 0.2) is 60.7 Å². The Balaban J connectivity index is 1.16. The maximum atomic E-state index is 14.2. The first kappa shape index (κ1) is 28.0. The molecule has 3 aromatic carbocycles. The number of hydrogen-bond acceptors (Lipinski definition) is 6. The van der Waals surface area contributed by atoms with Gasteiger partial charge in [-0.05, 0) is 60.3 Å². The number of methoxy groups -OCH3 is 2. The minimum atomic E-state index is -0.580. The molecule has 3 aromatic rings. The van der Waals surface area contributed by atoms with Gasteiger partial charge in [0.1, 0.15) is 5.82 Å². The summed E-state index contributed by atoms with van der Waals surface area (Å²) in [5, 5.41) is 3.18. The van der Waals surface area contributed by atoms with E-state index >= 15 is 0 Å². The predicted molar refractivity (Wildman–Crippen MR) is 159 cm³/mol. The average Bonchev–Trinajstić information content (AvgIpc) is 3.03. The third-order valence-electron chi connectivity index (χ3n) is 8.83. The van der Waals surface area contributed by atoms with Crippen LogP contribution in [0.3, 0.4) is 0 Å². The van der Waals surface area contributed by atoms with Crippen molar-refractivity contribution in [2.75, 3.05) is 64.9 Å². The molecule has 6 rings (SSSR count). The number of rotatable bonds is 8. The summed E-state index contributed by atoms with van der Waals surface area (Å²) in [6.45, 7) is 5.13. The topological polar surface area (TPSA) is 74.4 Å². The summed E-state index contributed by atoms with van der Waals surface area (Å²) < 4.78 is 25.3. The number of carbonyl (C=O) groups is 2. The van der Waals surface area contributed by atoms with Gasteiger partial charge >= 0.3 is 0 Å². The molecule has 3 aliphatic heterocycles. The van der Waals surface area contributed by atoms with Gasteiger partial charge in [0.2, 0.25) is 5.91 Å². The van der Waals surface area contributed by atoms with Crippen molar-refractivity contribution in [2.45, 2.75) is 24.8 Å². The largest absolute Gasteiger partial charge is 0.493 e. The molecule has 0 radical (unpaired) electrons. The fourth-order valence-corrected chi connectivity index (χ4v) is 6.68. The van der Waals surface area contributed by atoms with Crippen molar-refractivity contribution in [3.05, 3.63) is 88.7 Å². The minimum Gasteiger partial charge on any atom is -0.493 e. The number of ether oxygens (including phenoxy) is 2. The van der Waals surface area contributed by atoms with Gasteiger partial charge in [-0.1, -0.05) is 36.4 Å². The number of nitrogens with one attached hydrogen (secondary N) is 1. The molecule has 1 N–H and O–H groups in total. The molecule has 1 fully saturated rings. The molecule has 0 bridgehead atoms.